The molecular formula is C22H23ClN2O2. The van der Waals surface area contributed by atoms with Gasteiger partial charge in [-0.3, -0.25) is 9.59 Å². The molecule has 27 heavy (non-hydrogen) atoms. The second-order valence-corrected chi connectivity index (χ2v) is 6.87. The number of pyridine rings is 1. The maximum absolute atomic E-state index is 13.0. The van der Waals surface area contributed by atoms with Crippen molar-refractivity contribution in [3.8, 4) is 0 Å². The van der Waals surface area contributed by atoms with Crippen LogP contribution in [0.2, 0.25) is 5.02 Å². The van der Waals surface area contributed by atoms with Crippen molar-refractivity contribution in [1.29, 1.82) is 0 Å². The Morgan fingerprint density at radius 2 is 1.74 bits per heavy atom. The van der Waals surface area contributed by atoms with Crippen LogP contribution in [0.15, 0.2) is 47.4 Å². The van der Waals surface area contributed by atoms with Crippen LogP contribution in [0, 0.1) is 0 Å². The molecular weight excluding hydrogens is 360 g/mol. The molecule has 1 aromatic heterocycles. The molecule has 0 aliphatic heterocycles. The Labute approximate surface area is 163 Å². The number of para-hydroxylation sites is 1. The third kappa shape index (κ3) is 3.62. The lowest BCUT2D eigenvalue weighted by atomic mass is 10.0. The lowest BCUT2D eigenvalue weighted by Gasteiger charge is -2.16. The standard InChI is InChI=1S/C22H23ClN2O2/c1-4-14-8-7-9-15(5-2)20(14)24-22(27)18-13-25(6-3)19-11-10-16(23)12-17(19)21(18)26/h7-13H,4-6H2,1-3H3,(H,24,27). The Morgan fingerprint density at radius 1 is 1.07 bits per heavy atom. The Bertz CT molecular complexity index is 1050. The van der Waals surface area contributed by atoms with Crippen molar-refractivity contribution in [3.05, 3.63) is 74.5 Å². The lowest BCUT2D eigenvalue weighted by molar-refractivity contribution is 0.102. The van der Waals surface area contributed by atoms with Crippen molar-refractivity contribution in [2.75, 3.05) is 5.32 Å². The van der Waals surface area contributed by atoms with Crippen molar-refractivity contribution in [2.45, 2.75) is 40.2 Å². The largest absolute Gasteiger partial charge is 0.347 e. The molecule has 0 bridgehead atoms. The number of nitrogens with one attached hydrogen (secondary N) is 1. The van der Waals surface area contributed by atoms with E-state index >= 15 is 0 Å². The van der Waals surface area contributed by atoms with Crippen LogP contribution in [0.25, 0.3) is 10.9 Å². The minimum Gasteiger partial charge on any atom is -0.347 e. The summed E-state index contributed by atoms with van der Waals surface area (Å²) in [5, 5.41) is 3.91. The first-order chi connectivity index (χ1) is 13.0. The number of nitrogens with zero attached hydrogens (tertiary/aromatic N) is 1. The fourth-order valence-corrected chi connectivity index (χ4v) is 3.55. The third-order valence-electron chi connectivity index (χ3n) is 4.86. The van der Waals surface area contributed by atoms with Gasteiger partial charge in [0.15, 0.2) is 0 Å². The molecule has 4 nitrogen and oxygen atoms in total. The minimum absolute atomic E-state index is 0.125. The van der Waals surface area contributed by atoms with Crippen LogP contribution in [0.3, 0.4) is 0 Å². The van der Waals surface area contributed by atoms with Gasteiger partial charge < -0.3 is 9.88 Å². The average molecular weight is 383 g/mol. The molecule has 0 saturated carbocycles. The highest BCUT2D eigenvalue weighted by molar-refractivity contribution is 6.31. The number of amides is 1. The number of fused-ring (bicyclic) bond motifs is 1. The summed E-state index contributed by atoms with van der Waals surface area (Å²) in [6, 6.07) is 11.2. The summed E-state index contributed by atoms with van der Waals surface area (Å²) >= 11 is 6.08. The molecule has 1 N–H and O–H groups in total. The van der Waals surface area contributed by atoms with Crippen LogP contribution in [0.5, 0.6) is 0 Å². The number of carbonyl (C=O) groups excluding carboxylic acids is 1. The first-order valence-electron chi connectivity index (χ1n) is 9.24. The van der Waals surface area contributed by atoms with Gasteiger partial charge in [-0.1, -0.05) is 43.6 Å². The van der Waals surface area contributed by atoms with Crippen molar-refractivity contribution in [1.82, 2.24) is 4.57 Å². The molecule has 0 saturated heterocycles. The summed E-state index contributed by atoms with van der Waals surface area (Å²) in [5.41, 5.74) is 3.51. The predicted molar refractivity (Wildman–Crippen MR) is 112 cm³/mol. The Morgan fingerprint density at radius 3 is 2.33 bits per heavy atom. The number of anilines is 1. The normalized spacial score (nSPS) is 11.0. The van der Waals surface area contributed by atoms with E-state index in [4.69, 9.17) is 11.6 Å². The molecule has 2 aromatic carbocycles. The SMILES string of the molecule is CCc1cccc(CC)c1NC(=O)c1cn(CC)c2ccc(Cl)cc2c1=O. The van der Waals surface area contributed by atoms with Crippen molar-refractivity contribution >= 4 is 34.1 Å². The molecule has 0 atom stereocenters. The molecule has 0 aliphatic carbocycles. The van der Waals surface area contributed by atoms with E-state index in [2.05, 4.69) is 5.32 Å². The number of carbonyl (C=O) groups is 1. The fourth-order valence-electron chi connectivity index (χ4n) is 3.38. The lowest BCUT2D eigenvalue weighted by Crippen LogP contribution is -2.24. The highest BCUT2D eigenvalue weighted by Crippen LogP contribution is 2.24. The molecule has 5 heteroatoms. The van der Waals surface area contributed by atoms with Gasteiger partial charge in [-0.05, 0) is 49.1 Å². The van der Waals surface area contributed by atoms with Crippen LogP contribution < -0.4 is 10.7 Å². The van der Waals surface area contributed by atoms with Crippen LogP contribution >= 0.6 is 11.6 Å². The van der Waals surface area contributed by atoms with E-state index < -0.39 is 0 Å². The Kier molecular flexibility index (Phi) is 5.66. The van der Waals surface area contributed by atoms with E-state index in [-0.39, 0.29) is 16.9 Å². The van der Waals surface area contributed by atoms with Gasteiger partial charge in [-0.15, -0.1) is 0 Å². The van der Waals surface area contributed by atoms with E-state index in [9.17, 15) is 9.59 Å². The minimum atomic E-state index is -0.389. The molecule has 3 aromatic rings. The zero-order chi connectivity index (χ0) is 19.6. The van der Waals surface area contributed by atoms with Gasteiger partial charge >= 0.3 is 0 Å². The molecule has 1 heterocycles. The molecule has 0 radical (unpaired) electrons. The Hall–Kier alpha value is -2.59. The van der Waals surface area contributed by atoms with Gasteiger partial charge in [0.25, 0.3) is 5.91 Å². The van der Waals surface area contributed by atoms with Crippen molar-refractivity contribution in [2.24, 2.45) is 0 Å². The average Bonchev–Trinajstić information content (AvgIpc) is 2.68. The molecule has 0 fully saturated rings. The summed E-state index contributed by atoms with van der Waals surface area (Å²) < 4.78 is 1.90. The monoisotopic (exact) mass is 382 g/mol. The van der Waals surface area contributed by atoms with E-state index in [0.717, 1.165) is 35.2 Å². The molecule has 0 unspecified atom stereocenters. The maximum atomic E-state index is 13.0. The van der Waals surface area contributed by atoms with Gasteiger partial charge in [0, 0.05) is 28.8 Å². The first-order valence-corrected chi connectivity index (χ1v) is 9.62. The van der Waals surface area contributed by atoms with E-state index in [0.29, 0.717) is 17.0 Å². The second kappa shape index (κ2) is 7.97. The van der Waals surface area contributed by atoms with Gasteiger partial charge in [-0.2, -0.15) is 0 Å². The van der Waals surface area contributed by atoms with E-state index in [1.807, 2.05) is 49.6 Å². The van der Waals surface area contributed by atoms with Crippen LogP contribution in [0.4, 0.5) is 5.69 Å². The van der Waals surface area contributed by atoms with Gasteiger partial charge in [0.2, 0.25) is 5.43 Å². The highest BCUT2D eigenvalue weighted by atomic mass is 35.5. The molecule has 140 valence electrons. The quantitative estimate of drug-likeness (QED) is 0.671. The molecule has 3 rings (SSSR count). The zero-order valence-corrected chi connectivity index (χ0v) is 16.6. The summed E-state index contributed by atoms with van der Waals surface area (Å²) in [6.45, 7) is 6.71. The molecule has 0 spiro atoms. The van der Waals surface area contributed by atoms with Gasteiger partial charge in [0.1, 0.15) is 5.56 Å². The topological polar surface area (TPSA) is 51.1 Å². The number of aryl methyl sites for hydroxylation is 3. The Balaban J connectivity index is 2.12. The van der Waals surface area contributed by atoms with E-state index in [1.54, 1.807) is 18.3 Å². The van der Waals surface area contributed by atoms with Crippen LogP contribution in [0.1, 0.15) is 42.3 Å². The van der Waals surface area contributed by atoms with Gasteiger partial charge in [0.05, 0.1) is 5.52 Å². The fraction of sp³-hybridized carbons (Fsp3) is 0.273. The van der Waals surface area contributed by atoms with Crippen molar-refractivity contribution in [3.63, 3.8) is 0 Å². The second-order valence-electron chi connectivity index (χ2n) is 6.43. The first kappa shape index (κ1) is 19.2. The number of hydrogen-bond acceptors (Lipinski definition) is 2. The number of benzene rings is 2. The van der Waals surface area contributed by atoms with Gasteiger partial charge in [-0.25, -0.2) is 0 Å². The number of hydrogen-bond donors (Lipinski definition) is 1. The number of rotatable bonds is 5. The van der Waals surface area contributed by atoms with Crippen molar-refractivity contribution < 1.29 is 4.79 Å². The number of aromatic nitrogens is 1. The zero-order valence-electron chi connectivity index (χ0n) is 15.8. The molecule has 1 amide bonds. The van der Waals surface area contributed by atoms with Crippen LogP contribution in [-0.2, 0) is 19.4 Å². The maximum Gasteiger partial charge on any atom is 0.261 e. The summed E-state index contributed by atoms with van der Waals surface area (Å²) in [5.74, 6) is -0.389. The summed E-state index contributed by atoms with van der Waals surface area (Å²) in [7, 11) is 0. The van der Waals surface area contributed by atoms with Crippen LogP contribution in [-0.4, -0.2) is 10.5 Å². The third-order valence-corrected chi connectivity index (χ3v) is 5.10. The smallest absolute Gasteiger partial charge is 0.261 e. The van der Waals surface area contributed by atoms with E-state index in [1.165, 1.54) is 0 Å². The summed E-state index contributed by atoms with van der Waals surface area (Å²) in [4.78, 5) is 26.0. The highest BCUT2D eigenvalue weighted by Gasteiger charge is 2.18. The number of halogens is 1. The predicted octanol–water partition coefficient (Wildman–Crippen LogP) is 5.05. The molecule has 0 aliphatic rings. The summed E-state index contributed by atoms with van der Waals surface area (Å²) in [6.07, 6.45) is 3.24.